The molecule has 0 aliphatic carbocycles. The standard InChI is InChI=1S/C14H15NO3S/c1-11-6-2-4-8-13(11)15(19(17)18)14-9-5-3-7-12(14)10-16/h2-9,16H,10H2,1H3,(H,17,18). The van der Waals surface area contributed by atoms with Crippen molar-refractivity contribution in [3.63, 3.8) is 0 Å². The summed E-state index contributed by atoms with van der Waals surface area (Å²) < 4.78 is 22.6. The molecular weight excluding hydrogens is 262 g/mol. The van der Waals surface area contributed by atoms with Crippen LogP contribution >= 0.6 is 0 Å². The smallest absolute Gasteiger partial charge is 0.266 e. The summed E-state index contributed by atoms with van der Waals surface area (Å²) in [6.45, 7) is 1.69. The molecule has 100 valence electrons. The molecule has 0 amide bonds. The molecule has 0 spiro atoms. The van der Waals surface area contributed by atoms with Crippen molar-refractivity contribution in [3.05, 3.63) is 59.7 Å². The Kier molecular flexibility index (Phi) is 4.31. The largest absolute Gasteiger partial charge is 0.392 e. The van der Waals surface area contributed by atoms with Gasteiger partial charge in [-0.25, -0.2) is 8.51 Å². The van der Waals surface area contributed by atoms with E-state index in [1.54, 1.807) is 30.3 Å². The van der Waals surface area contributed by atoms with Crippen LogP contribution in [-0.2, 0) is 17.9 Å². The fourth-order valence-corrected chi connectivity index (χ4v) is 2.65. The lowest BCUT2D eigenvalue weighted by Gasteiger charge is -2.23. The summed E-state index contributed by atoms with van der Waals surface area (Å²) >= 11 is -2.21. The first-order chi connectivity index (χ1) is 9.15. The SMILES string of the molecule is Cc1ccccc1N(c1ccccc1CO)S(=O)O. The van der Waals surface area contributed by atoms with Gasteiger partial charge in [0.25, 0.3) is 11.3 Å². The fourth-order valence-electron chi connectivity index (χ4n) is 1.93. The average molecular weight is 277 g/mol. The van der Waals surface area contributed by atoms with Crippen LogP contribution in [0.5, 0.6) is 0 Å². The van der Waals surface area contributed by atoms with E-state index in [9.17, 15) is 13.9 Å². The third kappa shape index (κ3) is 2.84. The second-order valence-electron chi connectivity index (χ2n) is 4.10. The topological polar surface area (TPSA) is 60.8 Å². The van der Waals surface area contributed by atoms with Crippen molar-refractivity contribution in [2.24, 2.45) is 0 Å². The number of para-hydroxylation sites is 2. The first kappa shape index (κ1) is 13.7. The highest BCUT2D eigenvalue weighted by Crippen LogP contribution is 2.31. The molecule has 1 atom stereocenters. The zero-order chi connectivity index (χ0) is 13.8. The lowest BCUT2D eigenvalue weighted by Crippen LogP contribution is -2.21. The maximum Gasteiger partial charge on any atom is 0.266 e. The fraction of sp³-hybridized carbons (Fsp3) is 0.143. The van der Waals surface area contributed by atoms with E-state index < -0.39 is 11.3 Å². The number of hydrogen-bond donors (Lipinski definition) is 2. The summed E-state index contributed by atoms with van der Waals surface area (Å²) in [6.07, 6.45) is 0. The Morgan fingerprint density at radius 1 is 1.05 bits per heavy atom. The number of anilines is 2. The molecule has 2 N–H and O–H groups in total. The van der Waals surface area contributed by atoms with Gasteiger partial charge < -0.3 is 5.11 Å². The Morgan fingerprint density at radius 3 is 2.21 bits per heavy atom. The Bertz CT molecular complexity index is 601. The molecular formula is C14H15NO3S. The molecule has 0 saturated heterocycles. The van der Waals surface area contributed by atoms with Crippen LogP contribution in [0.25, 0.3) is 0 Å². The van der Waals surface area contributed by atoms with Gasteiger partial charge in [0.2, 0.25) is 0 Å². The van der Waals surface area contributed by atoms with Gasteiger partial charge in [0, 0.05) is 5.56 Å². The van der Waals surface area contributed by atoms with Gasteiger partial charge in [-0.3, -0.25) is 4.55 Å². The van der Waals surface area contributed by atoms with Gasteiger partial charge in [-0.1, -0.05) is 36.4 Å². The molecule has 1 unspecified atom stereocenters. The van der Waals surface area contributed by atoms with Crippen LogP contribution in [0.3, 0.4) is 0 Å². The molecule has 0 radical (unpaired) electrons. The van der Waals surface area contributed by atoms with Crippen LogP contribution in [0, 0.1) is 6.92 Å². The first-order valence-electron chi connectivity index (χ1n) is 5.80. The lowest BCUT2D eigenvalue weighted by molar-refractivity contribution is 0.282. The molecule has 0 aliphatic heterocycles. The summed E-state index contributed by atoms with van der Waals surface area (Å²) in [5.74, 6) is 0. The second kappa shape index (κ2) is 5.97. The van der Waals surface area contributed by atoms with Crippen molar-refractivity contribution in [2.75, 3.05) is 4.31 Å². The van der Waals surface area contributed by atoms with Crippen LogP contribution in [0.15, 0.2) is 48.5 Å². The molecule has 19 heavy (non-hydrogen) atoms. The highest BCUT2D eigenvalue weighted by atomic mass is 32.2. The van der Waals surface area contributed by atoms with Gasteiger partial charge >= 0.3 is 0 Å². The summed E-state index contributed by atoms with van der Waals surface area (Å²) in [4.78, 5) is 0. The van der Waals surface area contributed by atoms with Crippen LogP contribution in [0.4, 0.5) is 11.4 Å². The number of aliphatic hydroxyl groups is 1. The van der Waals surface area contributed by atoms with Crippen LogP contribution in [-0.4, -0.2) is 13.9 Å². The van der Waals surface area contributed by atoms with Crippen molar-refractivity contribution in [3.8, 4) is 0 Å². The molecule has 0 bridgehead atoms. The lowest BCUT2D eigenvalue weighted by atomic mass is 10.1. The van der Waals surface area contributed by atoms with Gasteiger partial charge in [0.15, 0.2) is 0 Å². The number of aliphatic hydroxyl groups excluding tert-OH is 1. The maximum absolute atomic E-state index is 11.7. The number of benzene rings is 2. The predicted molar refractivity (Wildman–Crippen MR) is 76.5 cm³/mol. The number of hydrogen-bond acceptors (Lipinski definition) is 2. The Balaban J connectivity index is 2.59. The average Bonchev–Trinajstić information content (AvgIpc) is 2.41. The van der Waals surface area contributed by atoms with E-state index in [1.165, 1.54) is 4.31 Å². The van der Waals surface area contributed by atoms with E-state index in [0.717, 1.165) is 5.56 Å². The molecule has 2 aromatic carbocycles. The maximum atomic E-state index is 11.7. The zero-order valence-electron chi connectivity index (χ0n) is 10.5. The number of aryl methyl sites for hydroxylation is 1. The van der Waals surface area contributed by atoms with Crippen LogP contribution in [0.2, 0.25) is 0 Å². The molecule has 0 heterocycles. The Labute approximate surface area is 114 Å². The molecule has 0 fully saturated rings. The Morgan fingerprint density at radius 2 is 1.63 bits per heavy atom. The van der Waals surface area contributed by atoms with Gasteiger partial charge in [-0.05, 0) is 24.6 Å². The third-order valence-corrected chi connectivity index (χ3v) is 3.58. The monoisotopic (exact) mass is 277 g/mol. The van der Waals surface area contributed by atoms with Crippen molar-refractivity contribution >= 4 is 22.6 Å². The minimum Gasteiger partial charge on any atom is -0.392 e. The molecule has 2 aromatic rings. The van der Waals surface area contributed by atoms with Gasteiger partial charge in [0.05, 0.1) is 18.0 Å². The van der Waals surface area contributed by atoms with Crippen LogP contribution in [0.1, 0.15) is 11.1 Å². The van der Waals surface area contributed by atoms with E-state index in [1.807, 2.05) is 25.1 Å². The van der Waals surface area contributed by atoms with E-state index in [0.29, 0.717) is 16.9 Å². The van der Waals surface area contributed by atoms with E-state index in [-0.39, 0.29) is 6.61 Å². The van der Waals surface area contributed by atoms with Crippen molar-refractivity contribution in [1.29, 1.82) is 0 Å². The molecule has 2 rings (SSSR count). The molecule has 0 saturated carbocycles. The molecule has 5 heteroatoms. The highest BCUT2D eigenvalue weighted by Gasteiger charge is 2.19. The summed E-state index contributed by atoms with van der Waals surface area (Å²) in [5.41, 5.74) is 2.66. The van der Waals surface area contributed by atoms with Crippen molar-refractivity contribution < 1.29 is 13.9 Å². The van der Waals surface area contributed by atoms with E-state index in [2.05, 4.69) is 0 Å². The number of nitrogens with zero attached hydrogens (tertiary/aromatic N) is 1. The summed E-state index contributed by atoms with van der Waals surface area (Å²) in [5, 5.41) is 9.36. The molecule has 4 nitrogen and oxygen atoms in total. The van der Waals surface area contributed by atoms with Gasteiger partial charge in [-0.2, -0.15) is 0 Å². The number of rotatable bonds is 4. The van der Waals surface area contributed by atoms with Crippen LogP contribution < -0.4 is 4.31 Å². The minimum atomic E-state index is -2.21. The second-order valence-corrected chi connectivity index (χ2v) is 4.93. The quantitative estimate of drug-likeness (QED) is 0.845. The van der Waals surface area contributed by atoms with Crippen molar-refractivity contribution in [1.82, 2.24) is 0 Å². The molecule has 0 aliphatic rings. The normalized spacial score (nSPS) is 12.2. The predicted octanol–water partition coefficient (Wildman–Crippen LogP) is 2.76. The molecule has 0 aromatic heterocycles. The van der Waals surface area contributed by atoms with E-state index >= 15 is 0 Å². The Hall–Kier alpha value is -1.69. The highest BCUT2D eigenvalue weighted by molar-refractivity contribution is 7.81. The third-order valence-electron chi connectivity index (χ3n) is 2.87. The zero-order valence-corrected chi connectivity index (χ0v) is 11.3. The van der Waals surface area contributed by atoms with Gasteiger partial charge in [-0.15, -0.1) is 0 Å². The minimum absolute atomic E-state index is 0.185. The van der Waals surface area contributed by atoms with Gasteiger partial charge in [0.1, 0.15) is 0 Å². The summed E-state index contributed by atoms with van der Waals surface area (Å²) in [6, 6.07) is 14.3. The van der Waals surface area contributed by atoms with E-state index in [4.69, 9.17) is 0 Å². The first-order valence-corrected chi connectivity index (χ1v) is 6.87. The summed E-state index contributed by atoms with van der Waals surface area (Å²) in [7, 11) is 0. The van der Waals surface area contributed by atoms with Crippen molar-refractivity contribution in [2.45, 2.75) is 13.5 Å².